The smallest absolute Gasteiger partial charge is 0.329 e. The van der Waals surface area contributed by atoms with Crippen LogP contribution < -0.4 is 4.90 Å². The minimum Gasteiger partial charge on any atom is -0.480 e. The fourth-order valence-electron chi connectivity index (χ4n) is 5.79. The predicted octanol–water partition coefficient (Wildman–Crippen LogP) is 5.50. The number of rotatable bonds is 6. The first-order valence-corrected chi connectivity index (χ1v) is 13.5. The van der Waals surface area contributed by atoms with Gasteiger partial charge in [-0.05, 0) is 56.5 Å². The molecule has 5 rings (SSSR count). The second kappa shape index (κ2) is 11.2. The van der Waals surface area contributed by atoms with E-state index in [1.807, 2.05) is 98.8 Å². The van der Waals surface area contributed by atoms with Gasteiger partial charge in [-0.15, -0.1) is 0 Å². The van der Waals surface area contributed by atoms with Crippen LogP contribution in [-0.2, 0) is 11.3 Å². The molecule has 0 spiro atoms. The van der Waals surface area contributed by atoms with Crippen LogP contribution in [-0.4, -0.2) is 69.1 Å². The number of aryl methyl sites for hydroxylation is 1. The SMILES string of the molecule is CCN(Cc1ccc(C)cc1)C(=O)N1[C@H]2CC[C@@H]1[C@@H](C(=O)O)N(C(=O)N(c1ccccc1)c1ccccc1)C2. The Kier molecular flexibility index (Phi) is 7.54. The number of anilines is 2. The van der Waals surface area contributed by atoms with Crippen LogP contribution in [0.2, 0.25) is 0 Å². The summed E-state index contributed by atoms with van der Waals surface area (Å²) >= 11 is 0. The molecule has 4 amide bonds. The van der Waals surface area contributed by atoms with Gasteiger partial charge in [-0.3, -0.25) is 4.90 Å². The number of aliphatic carboxylic acids is 1. The number of amides is 4. The number of hydrogen-bond acceptors (Lipinski definition) is 3. The number of hydrogen-bond donors (Lipinski definition) is 1. The molecule has 2 aliphatic rings. The summed E-state index contributed by atoms with van der Waals surface area (Å²) < 4.78 is 0. The van der Waals surface area contributed by atoms with Crippen LogP contribution >= 0.6 is 0 Å². The number of benzene rings is 3. The maximum atomic E-state index is 14.1. The summed E-state index contributed by atoms with van der Waals surface area (Å²) in [5, 5.41) is 10.4. The molecule has 2 bridgehead atoms. The Morgan fingerprint density at radius 1 is 0.846 bits per heavy atom. The third kappa shape index (κ3) is 5.19. The Hall–Kier alpha value is -4.33. The minimum atomic E-state index is -1.15. The number of fused-ring (bicyclic) bond motifs is 2. The van der Waals surface area contributed by atoms with E-state index in [4.69, 9.17) is 0 Å². The van der Waals surface area contributed by atoms with Gasteiger partial charge in [-0.2, -0.15) is 0 Å². The first kappa shape index (κ1) is 26.3. The fraction of sp³-hybridized carbons (Fsp3) is 0.323. The Morgan fingerprint density at radius 2 is 1.44 bits per heavy atom. The maximum absolute atomic E-state index is 14.1. The lowest BCUT2D eigenvalue weighted by molar-refractivity contribution is -0.145. The van der Waals surface area contributed by atoms with Crippen LogP contribution in [0.4, 0.5) is 21.0 Å². The zero-order valence-corrected chi connectivity index (χ0v) is 22.3. The topological polar surface area (TPSA) is 84.4 Å². The lowest BCUT2D eigenvalue weighted by Gasteiger charge is -2.47. The number of carboxylic acid groups (broad SMARTS) is 1. The van der Waals surface area contributed by atoms with Crippen molar-refractivity contribution >= 4 is 29.4 Å². The quantitative estimate of drug-likeness (QED) is 0.460. The summed E-state index contributed by atoms with van der Waals surface area (Å²) in [4.78, 5) is 47.2. The van der Waals surface area contributed by atoms with Gasteiger partial charge >= 0.3 is 18.0 Å². The van der Waals surface area contributed by atoms with Crippen molar-refractivity contribution in [3.63, 3.8) is 0 Å². The molecule has 39 heavy (non-hydrogen) atoms. The van der Waals surface area contributed by atoms with E-state index < -0.39 is 24.1 Å². The van der Waals surface area contributed by atoms with Crippen molar-refractivity contribution in [2.24, 2.45) is 0 Å². The predicted molar refractivity (Wildman–Crippen MR) is 150 cm³/mol. The highest BCUT2D eigenvalue weighted by atomic mass is 16.4. The Bertz CT molecular complexity index is 1280. The number of piperazine rings is 1. The summed E-state index contributed by atoms with van der Waals surface area (Å²) in [6.45, 7) is 5.06. The van der Waals surface area contributed by atoms with Crippen molar-refractivity contribution in [2.75, 3.05) is 18.0 Å². The van der Waals surface area contributed by atoms with Crippen molar-refractivity contribution in [3.05, 3.63) is 96.1 Å². The molecule has 0 radical (unpaired) electrons. The van der Waals surface area contributed by atoms with Crippen molar-refractivity contribution in [1.29, 1.82) is 0 Å². The number of urea groups is 2. The zero-order chi connectivity index (χ0) is 27.5. The number of likely N-dealkylation sites (tertiary alicyclic amines) is 1. The fourth-order valence-corrected chi connectivity index (χ4v) is 5.79. The molecule has 202 valence electrons. The van der Waals surface area contributed by atoms with Crippen LogP contribution in [0.1, 0.15) is 30.9 Å². The first-order valence-electron chi connectivity index (χ1n) is 13.5. The van der Waals surface area contributed by atoms with Crippen molar-refractivity contribution in [2.45, 2.75) is 51.4 Å². The summed E-state index contributed by atoms with van der Waals surface area (Å²) in [6.07, 6.45) is 1.19. The Balaban J connectivity index is 1.43. The lowest BCUT2D eigenvalue weighted by atomic mass is 10.0. The van der Waals surface area contributed by atoms with Gasteiger partial charge in [-0.25, -0.2) is 14.4 Å². The molecule has 2 heterocycles. The second-order valence-corrected chi connectivity index (χ2v) is 10.2. The van der Waals surface area contributed by atoms with Gasteiger partial charge in [-0.1, -0.05) is 66.2 Å². The molecular formula is C31H34N4O4. The molecule has 3 aromatic rings. The molecule has 1 N–H and O–H groups in total. The molecule has 2 fully saturated rings. The average molecular weight is 527 g/mol. The van der Waals surface area contributed by atoms with E-state index in [1.165, 1.54) is 4.90 Å². The Labute approximate surface area is 229 Å². The molecule has 0 aliphatic carbocycles. The molecule has 3 atom stereocenters. The van der Waals surface area contributed by atoms with E-state index in [0.717, 1.165) is 11.1 Å². The van der Waals surface area contributed by atoms with Gasteiger partial charge in [0, 0.05) is 19.6 Å². The summed E-state index contributed by atoms with van der Waals surface area (Å²) in [5.41, 5.74) is 3.47. The van der Waals surface area contributed by atoms with E-state index in [2.05, 4.69) is 0 Å². The van der Waals surface area contributed by atoms with Gasteiger partial charge in [0.15, 0.2) is 6.04 Å². The van der Waals surface area contributed by atoms with Crippen LogP contribution in [0, 0.1) is 6.92 Å². The number of nitrogens with zero attached hydrogens (tertiary/aromatic N) is 4. The molecule has 8 heteroatoms. The van der Waals surface area contributed by atoms with Gasteiger partial charge in [0.2, 0.25) is 0 Å². The monoisotopic (exact) mass is 526 g/mol. The van der Waals surface area contributed by atoms with Crippen LogP contribution in [0.25, 0.3) is 0 Å². The second-order valence-electron chi connectivity index (χ2n) is 10.2. The van der Waals surface area contributed by atoms with Crippen LogP contribution in [0.5, 0.6) is 0 Å². The van der Waals surface area contributed by atoms with Crippen LogP contribution in [0.3, 0.4) is 0 Å². The van der Waals surface area contributed by atoms with Crippen LogP contribution in [0.15, 0.2) is 84.9 Å². The van der Waals surface area contributed by atoms with Crippen molar-refractivity contribution < 1.29 is 19.5 Å². The normalized spacial score (nSPS) is 20.0. The highest BCUT2D eigenvalue weighted by Crippen LogP contribution is 2.38. The average Bonchev–Trinajstić information content (AvgIpc) is 3.25. The molecule has 2 saturated heterocycles. The summed E-state index contributed by atoms with van der Waals surface area (Å²) in [6, 6.07) is 24.0. The number of carbonyl (C=O) groups excluding carboxylic acids is 2. The van der Waals surface area contributed by atoms with E-state index >= 15 is 0 Å². The first-order chi connectivity index (χ1) is 18.9. The highest BCUT2D eigenvalue weighted by molar-refractivity contribution is 6.01. The number of carbonyl (C=O) groups is 3. The molecule has 0 saturated carbocycles. The highest BCUT2D eigenvalue weighted by Gasteiger charge is 2.54. The molecule has 3 aromatic carbocycles. The molecule has 2 aliphatic heterocycles. The maximum Gasteiger partial charge on any atom is 0.329 e. The van der Waals surface area contributed by atoms with Crippen molar-refractivity contribution in [3.8, 4) is 0 Å². The molecule has 8 nitrogen and oxygen atoms in total. The van der Waals surface area contributed by atoms with Gasteiger partial charge in [0.25, 0.3) is 0 Å². The van der Waals surface area contributed by atoms with Crippen molar-refractivity contribution in [1.82, 2.24) is 14.7 Å². The lowest BCUT2D eigenvalue weighted by Crippen LogP contribution is -2.67. The van der Waals surface area contributed by atoms with Gasteiger partial charge in [0.05, 0.1) is 23.5 Å². The molecular weight excluding hydrogens is 492 g/mol. The molecule has 0 aromatic heterocycles. The van der Waals surface area contributed by atoms with E-state index in [-0.39, 0.29) is 18.6 Å². The third-order valence-electron chi connectivity index (χ3n) is 7.74. The van der Waals surface area contributed by atoms with E-state index in [9.17, 15) is 19.5 Å². The zero-order valence-electron chi connectivity index (χ0n) is 22.3. The minimum absolute atomic E-state index is 0.163. The molecule has 0 unspecified atom stereocenters. The summed E-state index contributed by atoms with van der Waals surface area (Å²) in [7, 11) is 0. The van der Waals surface area contributed by atoms with E-state index in [0.29, 0.717) is 37.3 Å². The number of carboxylic acids is 1. The van der Waals surface area contributed by atoms with E-state index in [1.54, 1.807) is 14.7 Å². The largest absolute Gasteiger partial charge is 0.480 e. The summed E-state index contributed by atoms with van der Waals surface area (Å²) in [5.74, 6) is -1.10. The Morgan fingerprint density at radius 3 is 1.97 bits per heavy atom. The van der Waals surface area contributed by atoms with Gasteiger partial charge in [0.1, 0.15) is 0 Å². The number of para-hydroxylation sites is 2. The van der Waals surface area contributed by atoms with Gasteiger partial charge < -0.3 is 19.8 Å². The third-order valence-corrected chi connectivity index (χ3v) is 7.74. The standard InChI is InChI=1S/C31H34N4O4/c1-3-32(20-23-16-14-22(2)15-17-23)30(38)35-26-18-19-27(35)28(29(36)37)33(21-26)31(39)34(24-10-6-4-7-11-24)25-12-8-5-9-13-25/h4-17,26-28H,3,18-21H2,1-2H3,(H,36,37)/t26-,27+,28-/m0/s1.